The summed E-state index contributed by atoms with van der Waals surface area (Å²) in [6.07, 6.45) is 1.36. The van der Waals surface area contributed by atoms with Gasteiger partial charge in [0, 0.05) is 70.3 Å². The second-order valence-corrected chi connectivity index (χ2v) is 9.82. The number of sulfonamides is 1. The van der Waals surface area contributed by atoms with Crippen molar-refractivity contribution in [3.63, 3.8) is 0 Å². The summed E-state index contributed by atoms with van der Waals surface area (Å²) in [5, 5.41) is 14.0. The van der Waals surface area contributed by atoms with Crippen molar-refractivity contribution < 1.29 is 22.9 Å². The zero-order chi connectivity index (χ0) is 24.3. The van der Waals surface area contributed by atoms with Crippen molar-refractivity contribution in [1.82, 2.24) is 14.2 Å². The Labute approximate surface area is 197 Å². The van der Waals surface area contributed by atoms with E-state index < -0.39 is 14.9 Å². The molecule has 0 radical (unpaired) electrons. The van der Waals surface area contributed by atoms with Gasteiger partial charge in [-0.05, 0) is 18.2 Å². The Morgan fingerprint density at radius 3 is 2.38 bits per heavy atom. The van der Waals surface area contributed by atoms with Crippen LogP contribution in [0.2, 0.25) is 0 Å². The van der Waals surface area contributed by atoms with Gasteiger partial charge in [-0.3, -0.25) is 14.9 Å². The van der Waals surface area contributed by atoms with Crippen LogP contribution in [0.25, 0.3) is 0 Å². The Morgan fingerprint density at radius 1 is 1.09 bits per heavy atom. The van der Waals surface area contributed by atoms with E-state index in [-0.39, 0.29) is 22.1 Å². The lowest BCUT2D eigenvalue weighted by atomic mass is 10.1. The molecule has 2 saturated heterocycles. The fourth-order valence-corrected chi connectivity index (χ4v) is 5.35. The van der Waals surface area contributed by atoms with Gasteiger partial charge in [-0.15, -0.1) is 0 Å². The molecule has 1 amide bonds. The number of rotatable bonds is 6. The van der Waals surface area contributed by atoms with E-state index in [1.54, 1.807) is 24.1 Å². The highest BCUT2D eigenvalue weighted by Gasteiger charge is 2.28. The average Bonchev–Trinajstić information content (AvgIpc) is 2.88. The zero-order valence-electron chi connectivity index (χ0n) is 18.7. The minimum absolute atomic E-state index is 0.136. The number of carbonyl (C=O) groups excluding carboxylic acids is 1. The molecular formula is C21H26N6O6S. The summed E-state index contributed by atoms with van der Waals surface area (Å²) in [6.45, 7) is 3.19. The fourth-order valence-electron chi connectivity index (χ4n) is 4.00. The summed E-state index contributed by atoms with van der Waals surface area (Å²) in [7, 11) is -1.95. The quantitative estimate of drug-likeness (QED) is 0.464. The molecule has 2 aliphatic heterocycles. The van der Waals surface area contributed by atoms with Crippen molar-refractivity contribution >= 4 is 33.1 Å². The number of ether oxygens (including phenoxy) is 1. The van der Waals surface area contributed by atoms with E-state index >= 15 is 0 Å². The molecule has 2 fully saturated rings. The standard InChI is InChI=1S/C21H26N6O6S/c1-22-19-4-2-16(27(29)30)14-18(19)21(28)25-8-6-24(7-9-25)20-5-3-17(15-23-20)34(31,32)26-10-12-33-13-11-26/h2-5,14-15,22H,6-13H2,1H3. The van der Waals surface area contributed by atoms with Crippen LogP contribution < -0.4 is 10.2 Å². The van der Waals surface area contributed by atoms with Crippen LogP contribution >= 0.6 is 0 Å². The van der Waals surface area contributed by atoms with E-state index in [9.17, 15) is 23.3 Å². The van der Waals surface area contributed by atoms with E-state index in [1.807, 2.05) is 4.90 Å². The van der Waals surface area contributed by atoms with Gasteiger partial charge in [0.1, 0.15) is 10.7 Å². The summed E-state index contributed by atoms with van der Waals surface area (Å²) < 4.78 is 32.2. The fraction of sp³-hybridized carbons (Fsp3) is 0.429. The van der Waals surface area contributed by atoms with Gasteiger partial charge in [0.05, 0.1) is 23.7 Å². The van der Waals surface area contributed by atoms with E-state index in [4.69, 9.17) is 4.74 Å². The van der Waals surface area contributed by atoms with Crippen LogP contribution in [0, 0.1) is 10.1 Å². The van der Waals surface area contributed by atoms with Gasteiger partial charge in [0.15, 0.2) is 0 Å². The molecule has 2 aromatic rings. The first-order valence-corrected chi connectivity index (χ1v) is 12.3. The Kier molecular flexibility index (Phi) is 6.95. The number of nitro groups is 1. The third-order valence-electron chi connectivity index (χ3n) is 5.93. The van der Waals surface area contributed by atoms with Crippen molar-refractivity contribution in [2.75, 3.05) is 69.7 Å². The molecular weight excluding hydrogens is 464 g/mol. The van der Waals surface area contributed by atoms with Gasteiger partial charge in [-0.25, -0.2) is 13.4 Å². The van der Waals surface area contributed by atoms with Crippen LogP contribution in [-0.2, 0) is 14.8 Å². The lowest BCUT2D eigenvalue weighted by Gasteiger charge is -2.35. The van der Waals surface area contributed by atoms with Gasteiger partial charge >= 0.3 is 0 Å². The molecule has 1 aromatic carbocycles. The summed E-state index contributed by atoms with van der Waals surface area (Å²) in [5.41, 5.74) is 0.634. The van der Waals surface area contributed by atoms with E-state index in [0.29, 0.717) is 64.0 Å². The molecule has 0 unspecified atom stereocenters. The highest BCUT2D eigenvalue weighted by Crippen LogP contribution is 2.25. The SMILES string of the molecule is CNc1ccc([N+](=O)[O-])cc1C(=O)N1CCN(c2ccc(S(=O)(=O)N3CCOCC3)cn2)CC1. The van der Waals surface area contributed by atoms with Gasteiger partial charge < -0.3 is 19.9 Å². The minimum Gasteiger partial charge on any atom is -0.387 e. The maximum absolute atomic E-state index is 13.1. The molecule has 182 valence electrons. The molecule has 2 aliphatic rings. The third-order valence-corrected chi connectivity index (χ3v) is 7.82. The van der Waals surface area contributed by atoms with Crippen LogP contribution in [0.3, 0.4) is 0 Å². The van der Waals surface area contributed by atoms with Crippen LogP contribution in [0.5, 0.6) is 0 Å². The Hall–Kier alpha value is -3.29. The predicted octanol–water partition coefficient (Wildman–Crippen LogP) is 1.01. The van der Waals surface area contributed by atoms with Crippen molar-refractivity contribution in [2.45, 2.75) is 4.90 Å². The van der Waals surface area contributed by atoms with Crippen LogP contribution in [-0.4, -0.2) is 93.0 Å². The monoisotopic (exact) mass is 490 g/mol. The number of anilines is 2. The number of pyridine rings is 1. The molecule has 0 saturated carbocycles. The number of hydrogen-bond donors (Lipinski definition) is 1. The van der Waals surface area contributed by atoms with Crippen molar-refractivity contribution in [3.05, 3.63) is 52.2 Å². The first-order chi connectivity index (χ1) is 16.3. The van der Waals surface area contributed by atoms with Crippen LogP contribution in [0.1, 0.15) is 10.4 Å². The second-order valence-electron chi connectivity index (χ2n) is 7.88. The maximum Gasteiger partial charge on any atom is 0.270 e. The van der Waals surface area contributed by atoms with E-state index in [0.717, 1.165) is 0 Å². The maximum atomic E-state index is 13.1. The highest BCUT2D eigenvalue weighted by atomic mass is 32.2. The topological polar surface area (TPSA) is 138 Å². The first kappa shape index (κ1) is 23.9. The number of nitro benzene ring substituents is 1. The molecule has 0 aliphatic carbocycles. The predicted molar refractivity (Wildman–Crippen MR) is 125 cm³/mol. The number of non-ortho nitro benzene ring substituents is 1. The Morgan fingerprint density at radius 2 is 1.79 bits per heavy atom. The van der Waals surface area contributed by atoms with Crippen molar-refractivity contribution in [3.8, 4) is 0 Å². The van der Waals surface area contributed by atoms with E-state index in [2.05, 4.69) is 10.3 Å². The van der Waals surface area contributed by atoms with Crippen LogP contribution in [0.4, 0.5) is 17.2 Å². The van der Waals surface area contributed by atoms with Crippen LogP contribution in [0.15, 0.2) is 41.4 Å². The number of nitrogens with zero attached hydrogens (tertiary/aromatic N) is 5. The number of carbonyl (C=O) groups is 1. The summed E-state index contributed by atoms with van der Waals surface area (Å²) in [5.74, 6) is 0.340. The molecule has 1 aromatic heterocycles. The largest absolute Gasteiger partial charge is 0.387 e. The molecule has 12 nitrogen and oxygen atoms in total. The van der Waals surface area contributed by atoms with Crippen molar-refractivity contribution in [1.29, 1.82) is 0 Å². The summed E-state index contributed by atoms with van der Waals surface area (Å²) in [4.78, 5) is 31.8. The molecule has 1 N–H and O–H groups in total. The number of piperazine rings is 1. The van der Waals surface area contributed by atoms with Crippen molar-refractivity contribution in [2.24, 2.45) is 0 Å². The lowest BCUT2D eigenvalue weighted by molar-refractivity contribution is -0.384. The highest BCUT2D eigenvalue weighted by molar-refractivity contribution is 7.89. The lowest BCUT2D eigenvalue weighted by Crippen LogP contribution is -2.49. The first-order valence-electron chi connectivity index (χ1n) is 10.9. The smallest absolute Gasteiger partial charge is 0.270 e. The Bertz CT molecular complexity index is 1160. The summed E-state index contributed by atoms with van der Waals surface area (Å²) in [6, 6.07) is 7.39. The number of aromatic nitrogens is 1. The zero-order valence-corrected chi connectivity index (χ0v) is 19.5. The number of nitrogens with one attached hydrogen (secondary N) is 1. The molecule has 3 heterocycles. The molecule has 0 spiro atoms. The Balaban J connectivity index is 1.42. The minimum atomic E-state index is -3.61. The number of morpholine rings is 1. The molecule has 0 bridgehead atoms. The van der Waals surface area contributed by atoms with Gasteiger partial charge in [0.25, 0.3) is 11.6 Å². The molecule has 34 heavy (non-hydrogen) atoms. The summed E-state index contributed by atoms with van der Waals surface area (Å²) >= 11 is 0. The van der Waals surface area contributed by atoms with E-state index in [1.165, 1.54) is 28.7 Å². The number of benzene rings is 1. The normalized spacial score (nSPS) is 17.4. The van der Waals surface area contributed by atoms with Gasteiger partial charge in [-0.2, -0.15) is 4.31 Å². The van der Waals surface area contributed by atoms with Gasteiger partial charge in [-0.1, -0.05) is 0 Å². The molecule has 0 atom stereocenters. The second kappa shape index (κ2) is 9.91. The number of amides is 1. The average molecular weight is 491 g/mol. The molecule has 13 heteroatoms. The van der Waals surface area contributed by atoms with Gasteiger partial charge in [0.2, 0.25) is 10.0 Å². The number of hydrogen-bond acceptors (Lipinski definition) is 9. The third kappa shape index (κ3) is 4.81. The molecule has 4 rings (SSSR count).